The van der Waals surface area contributed by atoms with Crippen LogP contribution in [0.4, 0.5) is 0 Å². The summed E-state index contributed by atoms with van der Waals surface area (Å²) >= 11 is 3.28. The van der Waals surface area contributed by atoms with Crippen LogP contribution in [0.25, 0.3) is 11.2 Å². The van der Waals surface area contributed by atoms with Gasteiger partial charge in [-0.2, -0.15) is 0 Å². The molecule has 0 saturated heterocycles. The molecule has 0 unspecified atom stereocenters. The van der Waals surface area contributed by atoms with Crippen molar-refractivity contribution in [1.29, 1.82) is 0 Å². The van der Waals surface area contributed by atoms with Gasteiger partial charge in [-0.25, -0.2) is 22.8 Å². The van der Waals surface area contributed by atoms with Crippen LogP contribution in [-0.4, -0.2) is 43.7 Å². The van der Waals surface area contributed by atoms with Gasteiger partial charge in [0.25, 0.3) is 0 Å². The van der Waals surface area contributed by atoms with Gasteiger partial charge < -0.3 is 13.9 Å². The van der Waals surface area contributed by atoms with Crippen molar-refractivity contribution in [1.82, 2.24) is 9.55 Å². The van der Waals surface area contributed by atoms with Crippen molar-refractivity contribution in [3.63, 3.8) is 0 Å². The molecule has 10 heteroatoms. The Morgan fingerprint density at radius 1 is 1.29 bits per heavy atom. The van der Waals surface area contributed by atoms with Crippen LogP contribution < -0.4 is 15.2 Å². The zero-order valence-electron chi connectivity index (χ0n) is 15.5. The largest absolute Gasteiger partial charge is 0.493 e. The number of aromatic nitrogens is 2. The van der Waals surface area contributed by atoms with E-state index in [1.165, 1.54) is 17.9 Å². The summed E-state index contributed by atoms with van der Waals surface area (Å²) in [5.74, 6) is -0.0345. The van der Waals surface area contributed by atoms with E-state index in [0.717, 1.165) is 6.26 Å². The summed E-state index contributed by atoms with van der Waals surface area (Å²) in [6.45, 7) is 2.23. The van der Waals surface area contributed by atoms with E-state index < -0.39 is 21.6 Å². The van der Waals surface area contributed by atoms with Crippen molar-refractivity contribution < 1.29 is 22.3 Å². The van der Waals surface area contributed by atoms with Crippen molar-refractivity contribution in [2.24, 2.45) is 0 Å². The second kappa shape index (κ2) is 7.96. The van der Waals surface area contributed by atoms with E-state index in [4.69, 9.17) is 13.9 Å². The number of rotatable bonds is 7. The topological polar surface area (TPSA) is 101 Å². The van der Waals surface area contributed by atoms with Crippen LogP contribution in [0.5, 0.6) is 11.5 Å². The second-order valence-electron chi connectivity index (χ2n) is 6.16. The molecule has 0 spiro atoms. The first-order valence-electron chi connectivity index (χ1n) is 8.38. The van der Waals surface area contributed by atoms with E-state index in [1.807, 2.05) is 6.92 Å². The number of halogens is 1. The van der Waals surface area contributed by atoms with E-state index in [0.29, 0.717) is 28.1 Å². The number of hydrogen-bond donors (Lipinski definition) is 0. The van der Waals surface area contributed by atoms with Crippen LogP contribution in [0.15, 0.2) is 44.1 Å². The highest BCUT2D eigenvalue weighted by Crippen LogP contribution is 2.33. The van der Waals surface area contributed by atoms with Crippen molar-refractivity contribution in [3.8, 4) is 11.5 Å². The van der Waals surface area contributed by atoms with E-state index in [9.17, 15) is 13.2 Å². The second-order valence-corrected chi connectivity index (χ2v) is 9.27. The molecule has 1 aromatic carbocycles. The molecule has 0 aliphatic heterocycles. The van der Waals surface area contributed by atoms with Gasteiger partial charge in [-0.3, -0.25) is 0 Å². The Labute approximate surface area is 170 Å². The number of fused-ring (bicyclic) bond motifs is 1. The number of methoxy groups -OCH3 is 1. The van der Waals surface area contributed by atoms with Crippen LogP contribution >= 0.6 is 15.9 Å². The molecule has 1 atom stereocenters. The molecule has 8 nitrogen and oxygen atoms in total. The van der Waals surface area contributed by atoms with Crippen molar-refractivity contribution >= 4 is 37.0 Å². The lowest BCUT2D eigenvalue weighted by atomic mass is 10.1. The zero-order valence-corrected chi connectivity index (χ0v) is 17.9. The summed E-state index contributed by atoms with van der Waals surface area (Å²) < 4.78 is 42.3. The first-order chi connectivity index (χ1) is 13.2. The van der Waals surface area contributed by atoms with E-state index in [1.54, 1.807) is 24.3 Å². The van der Waals surface area contributed by atoms with Crippen LogP contribution in [0.3, 0.4) is 0 Å². The number of benzene rings is 1. The monoisotopic (exact) mass is 470 g/mol. The number of ether oxygens (including phenoxy) is 2. The lowest BCUT2D eigenvalue weighted by molar-refractivity contribution is 0.310. The Morgan fingerprint density at radius 2 is 2.04 bits per heavy atom. The summed E-state index contributed by atoms with van der Waals surface area (Å²) in [6, 6.07) is 5.80. The molecule has 0 radical (unpaired) electrons. The highest BCUT2D eigenvalue weighted by molar-refractivity contribution is 9.10. The number of sulfone groups is 1. The average molecular weight is 471 g/mol. The summed E-state index contributed by atoms with van der Waals surface area (Å²) in [5, 5.41) is 0. The summed E-state index contributed by atoms with van der Waals surface area (Å²) in [5.41, 5.74) is 1.08. The van der Waals surface area contributed by atoms with E-state index >= 15 is 0 Å². The third-order valence-corrected chi connectivity index (χ3v) is 5.42. The van der Waals surface area contributed by atoms with Crippen LogP contribution in [0, 0.1) is 0 Å². The molecular formula is C18H19BrN2O6S. The minimum Gasteiger partial charge on any atom is -0.493 e. The Hall–Kier alpha value is -2.33. The molecule has 0 amide bonds. The van der Waals surface area contributed by atoms with E-state index in [-0.39, 0.29) is 17.0 Å². The van der Waals surface area contributed by atoms with Gasteiger partial charge >= 0.3 is 5.76 Å². The lowest BCUT2D eigenvalue weighted by Crippen LogP contribution is -2.27. The highest BCUT2D eigenvalue weighted by Gasteiger charge is 2.26. The smallest absolute Gasteiger partial charge is 0.421 e. The zero-order chi connectivity index (χ0) is 20.5. The molecule has 3 rings (SSSR count). The van der Waals surface area contributed by atoms with Crippen molar-refractivity contribution in [3.05, 3.63) is 51.0 Å². The van der Waals surface area contributed by atoms with Crippen LogP contribution in [0.2, 0.25) is 0 Å². The molecule has 150 valence electrons. The van der Waals surface area contributed by atoms with Crippen molar-refractivity contribution in [2.45, 2.75) is 13.0 Å². The number of pyridine rings is 1. The van der Waals surface area contributed by atoms with Gasteiger partial charge in [-0.15, -0.1) is 0 Å². The van der Waals surface area contributed by atoms with Gasteiger partial charge in [0.2, 0.25) is 0 Å². The van der Waals surface area contributed by atoms with Crippen LogP contribution in [-0.2, 0) is 9.84 Å². The number of oxazole rings is 1. The molecular weight excluding hydrogens is 452 g/mol. The Balaban J connectivity index is 2.23. The van der Waals surface area contributed by atoms with Crippen molar-refractivity contribution in [2.75, 3.05) is 25.7 Å². The minimum atomic E-state index is -3.44. The molecule has 0 bridgehead atoms. The SMILES string of the molecule is CCOc1cc([C@@H](CS(C)(=O)=O)n2c(=O)oc3cc(Br)cnc32)ccc1OC. The standard InChI is InChI=1S/C18H19BrN2O6S/c1-4-26-15-7-11(5-6-14(15)25-2)13(10-28(3,23)24)21-17-16(27-18(21)22)8-12(19)9-20-17/h5-9,13H,4,10H2,1-3H3/t13-/m1/s1. The first-order valence-corrected chi connectivity index (χ1v) is 11.2. The van der Waals surface area contributed by atoms with Gasteiger partial charge in [-0.1, -0.05) is 6.07 Å². The molecule has 0 aliphatic carbocycles. The van der Waals surface area contributed by atoms with Gasteiger partial charge in [0.05, 0.1) is 25.5 Å². The Morgan fingerprint density at radius 3 is 2.68 bits per heavy atom. The van der Waals surface area contributed by atoms with E-state index in [2.05, 4.69) is 20.9 Å². The quantitative estimate of drug-likeness (QED) is 0.523. The first kappa shape index (κ1) is 20.4. The summed E-state index contributed by atoms with van der Waals surface area (Å²) in [4.78, 5) is 16.8. The maximum atomic E-state index is 12.6. The van der Waals surface area contributed by atoms with Crippen LogP contribution in [0.1, 0.15) is 18.5 Å². The fourth-order valence-corrected chi connectivity index (χ4v) is 4.17. The predicted octanol–water partition coefficient (Wildman–Crippen LogP) is 2.79. The molecule has 0 fully saturated rings. The third kappa shape index (κ3) is 4.22. The Bertz CT molecular complexity index is 1170. The van der Waals surface area contributed by atoms with Gasteiger partial charge in [-0.05, 0) is 40.5 Å². The molecule has 2 aromatic heterocycles. The number of hydrogen-bond acceptors (Lipinski definition) is 7. The molecule has 3 aromatic rings. The fraction of sp³-hybridized carbons (Fsp3) is 0.333. The molecule has 0 N–H and O–H groups in total. The fourth-order valence-electron chi connectivity index (χ4n) is 2.95. The average Bonchev–Trinajstić information content (AvgIpc) is 2.94. The molecule has 0 aliphatic rings. The number of nitrogens with zero attached hydrogens (tertiary/aromatic N) is 2. The maximum Gasteiger partial charge on any atom is 0.421 e. The Kier molecular flexibility index (Phi) is 5.80. The normalized spacial score (nSPS) is 12.9. The maximum absolute atomic E-state index is 12.6. The molecule has 2 heterocycles. The minimum absolute atomic E-state index is 0.260. The molecule has 28 heavy (non-hydrogen) atoms. The van der Waals surface area contributed by atoms with Gasteiger partial charge in [0, 0.05) is 23.0 Å². The lowest BCUT2D eigenvalue weighted by Gasteiger charge is -2.19. The summed E-state index contributed by atoms with van der Waals surface area (Å²) in [6.07, 6.45) is 2.63. The molecule has 0 saturated carbocycles. The van der Waals surface area contributed by atoms with Gasteiger partial charge in [0.15, 0.2) is 22.7 Å². The highest BCUT2D eigenvalue weighted by atomic mass is 79.9. The predicted molar refractivity (Wildman–Crippen MR) is 108 cm³/mol. The third-order valence-electron chi connectivity index (χ3n) is 4.07. The van der Waals surface area contributed by atoms with Gasteiger partial charge in [0.1, 0.15) is 9.84 Å². The summed E-state index contributed by atoms with van der Waals surface area (Å²) in [7, 11) is -1.93.